The highest BCUT2D eigenvalue weighted by atomic mass is 79.9. The van der Waals surface area contributed by atoms with Crippen LogP contribution in [0.5, 0.6) is 0 Å². The second kappa shape index (κ2) is 5.14. The number of carbonyl (C=O) groups is 1. The number of nitrogens with zero attached hydrogens (tertiary/aromatic N) is 1. The van der Waals surface area contributed by atoms with Crippen molar-refractivity contribution in [2.24, 2.45) is 0 Å². The molecule has 1 rings (SSSR count). The molecular formula is C9H8BrClN2O2. The zero-order valence-corrected chi connectivity index (χ0v) is 9.97. The lowest BCUT2D eigenvalue weighted by Crippen LogP contribution is -2.05. The summed E-state index contributed by atoms with van der Waals surface area (Å²) in [5, 5.41) is 12.0. The molecule has 1 aromatic heterocycles. The molecule has 15 heavy (non-hydrogen) atoms. The normalized spacial score (nSPS) is 9.73. The highest BCUT2D eigenvalue weighted by Crippen LogP contribution is 2.21. The van der Waals surface area contributed by atoms with Crippen LogP contribution in [0.2, 0.25) is 0 Å². The Morgan fingerprint density at radius 2 is 2.40 bits per heavy atom. The third kappa shape index (κ3) is 3.53. The topological polar surface area (TPSA) is 62.2 Å². The molecule has 1 aromatic rings. The largest absolute Gasteiger partial charge is 0.478 e. The van der Waals surface area contributed by atoms with E-state index >= 15 is 0 Å². The highest BCUT2D eigenvalue weighted by Gasteiger charge is 2.07. The molecule has 4 nitrogen and oxygen atoms in total. The lowest BCUT2D eigenvalue weighted by atomic mass is 10.3. The van der Waals surface area contributed by atoms with Crippen LogP contribution in [-0.4, -0.2) is 22.6 Å². The summed E-state index contributed by atoms with van der Waals surface area (Å²) in [5.74, 6) is -0.488. The van der Waals surface area contributed by atoms with E-state index in [1.54, 1.807) is 0 Å². The predicted octanol–water partition coefficient (Wildman–Crippen LogP) is 2.71. The molecule has 0 bridgehead atoms. The van der Waals surface area contributed by atoms with Crippen LogP contribution in [0.3, 0.4) is 0 Å². The van der Waals surface area contributed by atoms with Crippen LogP contribution in [-0.2, 0) is 0 Å². The smallest absolute Gasteiger partial charge is 0.337 e. The fourth-order valence-electron chi connectivity index (χ4n) is 0.865. The maximum absolute atomic E-state index is 10.6. The Morgan fingerprint density at radius 1 is 1.73 bits per heavy atom. The molecule has 1 heterocycles. The maximum Gasteiger partial charge on any atom is 0.337 e. The molecule has 80 valence electrons. The molecular weight excluding hydrogens is 283 g/mol. The summed E-state index contributed by atoms with van der Waals surface area (Å²) < 4.78 is 0.570. The van der Waals surface area contributed by atoms with Crippen molar-refractivity contribution >= 4 is 39.3 Å². The molecule has 0 amide bonds. The van der Waals surface area contributed by atoms with Crippen LogP contribution in [0.1, 0.15) is 10.4 Å². The maximum atomic E-state index is 10.6. The second-order valence-corrected chi connectivity index (χ2v) is 4.12. The van der Waals surface area contributed by atoms with Gasteiger partial charge in [-0.1, -0.05) is 18.2 Å². The van der Waals surface area contributed by atoms with Gasteiger partial charge < -0.3 is 10.4 Å². The van der Waals surface area contributed by atoms with E-state index in [0.29, 0.717) is 21.9 Å². The highest BCUT2D eigenvalue weighted by molar-refractivity contribution is 9.10. The Labute approximate surface area is 100 Å². The van der Waals surface area contributed by atoms with Crippen molar-refractivity contribution in [1.82, 2.24) is 4.98 Å². The first-order valence-corrected chi connectivity index (χ1v) is 5.14. The molecule has 2 N–H and O–H groups in total. The third-order valence-corrected chi connectivity index (χ3v) is 2.27. The van der Waals surface area contributed by atoms with Gasteiger partial charge in [0.15, 0.2) is 0 Å². The quantitative estimate of drug-likeness (QED) is 0.895. The van der Waals surface area contributed by atoms with E-state index in [1.165, 1.54) is 12.3 Å². The Balaban J connectivity index is 2.83. The van der Waals surface area contributed by atoms with Gasteiger partial charge in [-0.25, -0.2) is 9.78 Å². The predicted molar refractivity (Wildman–Crippen MR) is 62.4 cm³/mol. The monoisotopic (exact) mass is 290 g/mol. The fraction of sp³-hybridized carbons (Fsp3) is 0.111. The summed E-state index contributed by atoms with van der Waals surface area (Å²) >= 11 is 8.77. The summed E-state index contributed by atoms with van der Waals surface area (Å²) in [6, 6.07) is 1.47. The lowest BCUT2D eigenvalue weighted by Gasteiger charge is -2.06. The Kier molecular flexibility index (Phi) is 4.11. The molecule has 0 aromatic carbocycles. The lowest BCUT2D eigenvalue weighted by molar-refractivity contribution is 0.0696. The minimum absolute atomic E-state index is 0.122. The van der Waals surface area contributed by atoms with Gasteiger partial charge in [-0.05, 0) is 22.0 Å². The van der Waals surface area contributed by atoms with Crippen molar-refractivity contribution in [2.45, 2.75) is 0 Å². The minimum Gasteiger partial charge on any atom is -0.478 e. The fourth-order valence-corrected chi connectivity index (χ4v) is 1.42. The number of pyridine rings is 1. The zero-order valence-electron chi connectivity index (χ0n) is 7.63. The number of nitrogens with one attached hydrogen (secondary N) is 1. The number of carboxylic acids is 1. The van der Waals surface area contributed by atoms with Crippen LogP contribution in [0.15, 0.2) is 28.3 Å². The van der Waals surface area contributed by atoms with Crippen LogP contribution >= 0.6 is 27.5 Å². The SMILES string of the molecule is C=C(Cl)CNc1ncc(C(=O)O)cc1Br. The summed E-state index contributed by atoms with van der Waals surface area (Å²) in [6.07, 6.45) is 1.27. The van der Waals surface area contributed by atoms with Crippen molar-refractivity contribution in [1.29, 1.82) is 0 Å². The van der Waals surface area contributed by atoms with Crippen LogP contribution in [0, 0.1) is 0 Å². The van der Waals surface area contributed by atoms with Crippen molar-refractivity contribution in [2.75, 3.05) is 11.9 Å². The molecule has 0 spiro atoms. The van der Waals surface area contributed by atoms with E-state index in [4.69, 9.17) is 16.7 Å². The zero-order chi connectivity index (χ0) is 11.4. The van der Waals surface area contributed by atoms with Crippen LogP contribution < -0.4 is 5.32 Å². The number of hydrogen-bond donors (Lipinski definition) is 2. The average Bonchev–Trinajstić information content (AvgIpc) is 2.15. The number of carboxylic acid groups (broad SMARTS) is 1. The molecule has 6 heteroatoms. The van der Waals surface area contributed by atoms with Gasteiger partial charge in [0.2, 0.25) is 0 Å². The summed E-state index contributed by atoms with van der Waals surface area (Å²) in [7, 11) is 0. The minimum atomic E-state index is -1.02. The number of rotatable bonds is 4. The first-order valence-electron chi connectivity index (χ1n) is 3.96. The summed E-state index contributed by atoms with van der Waals surface area (Å²) in [5.41, 5.74) is 0.122. The summed E-state index contributed by atoms with van der Waals surface area (Å²) in [6.45, 7) is 3.89. The number of hydrogen-bond acceptors (Lipinski definition) is 3. The molecule has 0 aliphatic rings. The molecule has 0 saturated heterocycles. The molecule has 0 aliphatic carbocycles. The Hall–Kier alpha value is -1.07. The number of halogens is 2. The van der Waals surface area contributed by atoms with E-state index < -0.39 is 5.97 Å². The van der Waals surface area contributed by atoms with Gasteiger partial charge in [-0.15, -0.1) is 0 Å². The van der Waals surface area contributed by atoms with E-state index in [2.05, 4.69) is 32.8 Å². The Bertz CT molecular complexity index is 409. The van der Waals surface area contributed by atoms with Gasteiger partial charge in [0.05, 0.1) is 16.6 Å². The third-order valence-electron chi connectivity index (χ3n) is 1.54. The van der Waals surface area contributed by atoms with E-state index in [0.717, 1.165) is 0 Å². The molecule has 0 radical (unpaired) electrons. The molecule has 0 unspecified atom stereocenters. The number of aromatic carboxylic acids is 1. The first-order chi connectivity index (χ1) is 7.00. The van der Waals surface area contributed by atoms with Crippen molar-refractivity contribution in [3.05, 3.63) is 33.9 Å². The standard InChI is InChI=1S/C9H8BrClN2O2/c1-5(11)3-12-8-7(10)2-6(4-13-8)9(14)15/h2,4H,1,3H2,(H,12,13)(H,14,15). The number of aromatic nitrogens is 1. The molecule has 0 atom stereocenters. The number of anilines is 1. The Morgan fingerprint density at radius 3 is 2.87 bits per heavy atom. The molecule has 0 aliphatic heterocycles. The van der Waals surface area contributed by atoms with Gasteiger partial charge in [0.25, 0.3) is 0 Å². The van der Waals surface area contributed by atoms with E-state index in [-0.39, 0.29) is 5.56 Å². The van der Waals surface area contributed by atoms with Gasteiger partial charge in [0, 0.05) is 11.2 Å². The first kappa shape index (κ1) is 12.0. The van der Waals surface area contributed by atoms with E-state index in [1.807, 2.05) is 0 Å². The second-order valence-electron chi connectivity index (χ2n) is 2.73. The van der Waals surface area contributed by atoms with Gasteiger partial charge in [-0.3, -0.25) is 0 Å². The average molecular weight is 292 g/mol. The van der Waals surface area contributed by atoms with Crippen LogP contribution in [0.25, 0.3) is 0 Å². The van der Waals surface area contributed by atoms with E-state index in [9.17, 15) is 4.79 Å². The summed E-state index contributed by atoms with van der Waals surface area (Å²) in [4.78, 5) is 14.5. The molecule has 0 fully saturated rings. The van der Waals surface area contributed by atoms with Crippen LogP contribution in [0.4, 0.5) is 5.82 Å². The van der Waals surface area contributed by atoms with Crippen molar-refractivity contribution < 1.29 is 9.90 Å². The van der Waals surface area contributed by atoms with Gasteiger partial charge in [-0.2, -0.15) is 0 Å². The molecule has 0 saturated carbocycles. The van der Waals surface area contributed by atoms with Gasteiger partial charge >= 0.3 is 5.97 Å². The van der Waals surface area contributed by atoms with Crippen molar-refractivity contribution in [3.63, 3.8) is 0 Å². The van der Waals surface area contributed by atoms with Crippen molar-refractivity contribution in [3.8, 4) is 0 Å². The van der Waals surface area contributed by atoms with Gasteiger partial charge in [0.1, 0.15) is 5.82 Å².